The molecule has 0 saturated heterocycles. The molecule has 0 aliphatic heterocycles. The summed E-state index contributed by atoms with van der Waals surface area (Å²) in [6, 6.07) is -3.64. The molecule has 3 unspecified atom stereocenters. The van der Waals surface area contributed by atoms with Gasteiger partial charge in [0.25, 0.3) is 0 Å². The van der Waals surface area contributed by atoms with Crippen LogP contribution in [0, 0.1) is 0 Å². The number of carbonyl (C=O) groups excluding carboxylic acids is 3. The maximum Gasteiger partial charge on any atom is 0.322 e. The summed E-state index contributed by atoms with van der Waals surface area (Å²) in [7, 11) is 0. The number of nitrogens with two attached hydrogens (primary N) is 1. The summed E-state index contributed by atoms with van der Waals surface area (Å²) in [5.74, 6) is -4.89. The van der Waals surface area contributed by atoms with Crippen LogP contribution in [-0.2, 0) is 24.0 Å². The van der Waals surface area contributed by atoms with E-state index in [1.807, 2.05) is 5.32 Å². The summed E-state index contributed by atoms with van der Waals surface area (Å²) < 4.78 is 0. The van der Waals surface area contributed by atoms with E-state index in [1.54, 1.807) is 0 Å². The minimum absolute atomic E-state index is 0.119. The summed E-state index contributed by atoms with van der Waals surface area (Å²) in [6.07, 6.45) is -0.433. The zero-order valence-corrected chi connectivity index (χ0v) is 13.5. The highest BCUT2D eigenvalue weighted by Gasteiger charge is 2.25. The van der Waals surface area contributed by atoms with Crippen molar-refractivity contribution in [2.45, 2.75) is 37.9 Å². The third-order valence-electron chi connectivity index (χ3n) is 2.99. The highest BCUT2D eigenvalue weighted by atomic mass is 16.4. The summed E-state index contributed by atoms with van der Waals surface area (Å²) in [6.45, 7) is -0.174. The third kappa shape index (κ3) is 9.22. The van der Waals surface area contributed by atoms with Crippen LogP contribution in [0.15, 0.2) is 0 Å². The van der Waals surface area contributed by atoms with Gasteiger partial charge in [0.1, 0.15) is 18.6 Å². The Morgan fingerprint density at radius 3 is 2.04 bits per heavy atom. The quantitative estimate of drug-likeness (QED) is 0.193. The first-order valence-corrected chi connectivity index (χ1v) is 7.27. The first-order valence-electron chi connectivity index (χ1n) is 7.27. The molecule has 0 aromatic rings. The van der Waals surface area contributed by atoms with Gasteiger partial charge in [-0.1, -0.05) is 0 Å². The Morgan fingerprint density at radius 2 is 1.56 bits per heavy atom. The Bertz CT molecular complexity index is 524. The normalized spacial score (nSPS) is 13.9. The highest BCUT2D eigenvalue weighted by molar-refractivity contribution is 5.93. The smallest absolute Gasteiger partial charge is 0.322 e. The molecule has 12 nitrogen and oxygen atoms in total. The van der Waals surface area contributed by atoms with E-state index in [0.29, 0.717) is 0 Å². The Labute approximate surface area is 142 Å². The summed E-state index contributed by atoms with van der Waals surface area (Å²) in [5, 5.41) is 32.4. The van der Waals surface area contributed by atoms with Gasteiger partial charge in [0, 0.05) is 6.42 Å². The number of carbonyl (C=O) groups is 5. The number of carboxylic acid groups (broad SMARTS) is 2. The molecule has 0 fully saturated rings. The minimum atomic E-state index is -1.40. The molecule has 8 N–H and O–H groups in total. The largest absolute Gasteiger partial charge is 0.481 e. The van der Waals surface area contributed by atoms with Crippen molar-refractivity contribution in [2.75, 3.05) is 13.2 Å². The second-order valence-electron chi connectivity index (χ2n) is 5.12. The standard InChI is InChI=1S/C13H22N4O8/c1-6(16-12(24)7(14)2-3-9(19)20)11(23)17-8(5-18)13(25)15-4-10(21)22/h6-8,18H,2-5,14H2,1H3,(H,15,25)(H,16,24)(H,17,23)(H,19,20)(H,21,22). The Hall–Kier alpha value is -2.73. The van der Waals surface area contributed by atoms with Crippen molar-refractivity contribution in [1.29, 1.82) is 0 Å². The van der Waals surface area contributed by atoms with E-state index in [1.165, 1.54) is 6.92 Å². The van der Waals surface area contributed by atoms with E-state index in [4.69, 9.17) is 21.1 Å². The van der Waals surface area contributed by atoms with Crippen molar-refractivity contribution in [3.05, 3.63) is 0 Å². The topological polar surface area (TPSA) is 208 Å². The molecule has 142 valence electrons. The van der Waals surface area contributed by atoms with Crippen LogP contribution in [-0.4, -0.2) is 76.3 Å². The second-order valence-corrected chi connectivity index (χ2v) is 5.12. The van der Waals surface area contributed by atoms with Gasteiger partial charge in [-0.05, 0) is 13.3 Å². The molecule has 0 spiro atoms. The van der Waals surface area contributed by atoms with E-state index in [-0.39, 0.29) is 12.8 Å². The zero-order valence-electron chi connectivity index (χ0n) is 13.5. The Kier molecular flexibility index (Phi) is 9.74. The first-order chi connectivity index (χ1) is 11.6. The molecule has 0 radical (unpaired) electrons. The number of aliphatic carboxylic acids is 2. The number of amides is 3. The van der Waals surface area contributed by atoms with Crippen LogP contribution in [0.25, 0.3) is 0 Å². The molecule has 3 atom stereocenters. The van der Waals surface area contributed by atoms with E-state index in [2.05, 4.69) is 10.6 Å². The molecule has 0 aromatic carbocycles. The number of hydrogen-bond acceptors (Lipinski definition) is 7. The van der Waals surface area contributed by atoms with Crippen molar-refractivity contribution in [1.82, 2.24) is 16.0 Å². The maximum absolute atomic E-state index is 11.9. The SMILES string of the molecule is CC(NC(=O)C(N)CCC(=O)O)C(=O)NC(CO)C(=O)NCC(=O)O. The molecule has 25 heavy (non-hydrogen) atoms. The molecule has 0 rings (SSSR count). The average Bonchev–Trinajstić information content (AvgIpc) is 2.54. The van der Waals surface area contributed by atoms with Gasteiger partial charge in [0.2, 0.25) is 17.7 Å². The molecule has 12 heteroatoms. The predicted octanol–water partition coefficient (Wildman–Crippen LogP) is -3.64. The summed E-state index contributed by atoms with van der Waals surface area (Å²) in [4.78, 5) is 56.0. The first kappa shape index (κ1) is 22.3. The molecule has 0 saturated carbocycles. The van der Waals surface area contributed by atoms with Crippen LogP contribution < -0.4 is 21.7 Å². The monoisotopic (exact) mass is 362 g/mol. The van der Waals surface area contributed by atoms with Crippen molar-refractivity contribution in [3.8, 4) is 0 Å². The Morgan fingerprint density at radius 1 is 0.960 bits per heavy atom. The van der Waals surface area contributed by atoms with Crippen LogP contribution in [0.2, 0.25) is 0 Å². The lowest BCUT2D eigenvalue weighted by atomic mass is 10.1. The number of carboxylic acids is 2. The second kappa shape index (κ2) is 10.9. The fourth-order valence-electron chi connectivity index (χ4n) is 1.57. The molecule has 0 bridgehead atoms. The molecular formula is C13H22N4O8. The molecule has 0 heterocycles. The molecule has 0 aliphatic carbocycles. The van der Waals surface area contributed by atoms with Crippen LogP contribution >= 0.6 is 0 Å². The molecule has 0 aliphatic rings. The number of aliphatic hydroxyl groups is 1. The van der Waals surface area contributed by atoms with E-state index >= 15 is 0 Å². The number of hydrogen-bond donors (Lipinski definition) is 7. The van der Waals surface area contributed by atoms with Gasteiger partial charge < -0.3 is 37.0 Å². The number of nitrogens with one attached hydrogen (secondary N) is 3. The number of rotatable bonds is 11. The Balaban J connectivity index is 4.51. The lowest BCUT2D eigenvalue weighted by molar-refractivity contribution is -0.139. The fourth-order valence-corrected chi connectivity index (χ4v) is 1.57. The summed E-state index contributed by atoms with van der Waals surface area (Å²) in [5.41, 5.74) is 5.49. The van der Waals surface area contributed by atoms with Crippen LogP contribution in [0.3, 0.4) is 0 Å². The fraction of sp³-hybridized carbons (Fsp3) is 0.615. The maximum atomic E-state index is 11.9. The minimum Gasteiger partial charge on any atom is -0.481 e. The van der Waals surface area contributed by atoms with Crippen LogP contribution in [0.5, 0.6) is 0 Å². The van der Waals surface area contributed by atoms with E-state index < -0.39 is 60.9 Å². The lowest BCUT2D eigenvalue weighted by Gasteiger charge is -2.20. The molecule has 0 aromatic heterocycles. The van der Waals surface area contributed by atoms with Crippen molar-refractivity contribution in [2.24, 2.45) is 5.73 Å². The lowest BCUT2D eigenvalue weighted by Crippen LogP contribution is -2.56. The van der Waals surface area contributed by atoms with E-state index in [0.717, 1.165) is 0 Å². The van der Waals surface area contributed by atoms with Gasteiger partial charge in [0.05, 0.1) is 12.6 Å². The van der Waals surface area contributed by atoms with Crippen molar-refractivity contribution >= 4 is 29.7 Å². The van der Waals surface area contributed by atoms with Gasteiger partial charge in [-0.25, -0.2) is 0 Å². The zero-order chi connectivity index (χ0) is 19.6. The highest BCUT2D eigenvalue weighted by Crippen LogP contribution is 1.96. The number of aliphatic hydroxyl groups excluding tert-OH is 1. The predicted molar refractivity (Wildman–Crippen MR) is 82.1 cm³/mol. The molecular weight excluding hydrogens is 340 g/mol. The van der Waals surface area contributed by atoms with Gasteiger partial charge in [-0.3, -0.25) is 24.0 Å². The van der Waals surface area contributed by atoms with Gasteiger partial charge >= 0.3 is 11.9 Å². The van der Waals surface area contributed by atoms with Crippen molar-refractivity contribution < 1.29 is 39.3 Å². The van der Waals surface area contributed by atoms with Crippen LogP contribution in [0.1, 0.15) is 19.8 Å². The van der Waals surface area contributed by atoms with Gasteiger partial charge in [0.15, 0.2) is 0 Å². The van der Waals surface area contributed by atoms with Crippen molar-refractivity contribution in [3.63, 3.8) is 0 Å². The molecule has 3 amide bonds. The van der Waals surface area contributed by atoms with Gasteiger partial charge in [-0.2, -0.15) is 0 Å². The van der Waals surface area contributed by atoms with Crippen LogP contribution in [0.4, 0.5) is 0 Å². The van der Waals surface area contributed by atoms with E-state index in [9.17, 15) is 24.0 Å². The van der Waals surface area contributed by atoms with Gasteiger partial charge in [-0.15, -0.1) is 0 Å². The third-order valence-corrected chi connectivity index (χ3v) is 2.99. The summed E-state index contributed by atoms with van der Waals surface area (Å²) >= 11 is 0. The average molecular weight is 362 g/mol.